The van der Waals surface area contributed by atoms with Gasteiger partial charge in [0.25, 0.3) is 5.91 Å². The Bertz CT molecular complexity index is 471. The van der Waals surface area contributed by atoms with Crippen molar-refractivity contribution in [2.24, 2.45) is 5.73 Å². The maximum absolute atomic E-state index is 12.1. The van der Waals surface area contributed by atoms with Gasteiger partial charge in [-0.05, 0) is 25.5 Å². The fourth-order valence-electron chi connectivity index (χ4n) is 1.89. The zero-order chi connectivity index (χ0) is 12.6. The van der Waals surface area contributed by atoms with Gasteiger partial charge in [0.15, 0.2) is 0 Å². The van der Waals surface area contributed by atoms with Crippen molar-refractivity contribution in [2.75, 3.05) is 13.1 Å². The van der Waals surface area contributed by atoms with Crippen LogP contribution in [0.3, 0.4) is 0 Å². The highest BCUT2D eigenvalue weighted by molar-refractivity contribution is 7.13. The van der Waals surface area contributed by atoms with Gasteiger partial charge in [-0.3, -0.25) is 9.59 Å². The number of aryl methyl sites for hydroxylation is 1. The number of likely N-dealkylation sites (tertiary alicyclic amines) is 1. The van der Waals surface area contributed by atoms with Gasteiger partial charge in [-0.1, -0.05) is 0 Å². The molecule has 0 spiro atoms. The lowest BCUT2D eigenvalue weighted by atomic mass is 10.0. The Hall–Kier alpha value is -1.40. The van der Waals surface area contributed by atoms with Crippen LogP contribution in [0.15, 0.2) is 12.1 Å². The summed E-state index contributed by atoms with van der Waals surface area (Å²) in [4.78, 5) is 26.2. The van der Waals surface area contributed by atoms with Crippen molar-refractivity contribution in [3.05, 3.63) is 21.9 Å². The van der Waals surface area contributed by atoms with Crippen molar-refractivity contribution in [1.29, 1.82) is 0 Å². The van der Waals surface area contributed by atoms with Crippen molar-refractivity contribution in [2.45, 2.75) is 18.9 Å². The lowest BCUT2D eigenvalue weighted by molar-refractivity contribution is -0.142. The molecule has 1 aromatic heterocycles. The second kappa shape index (κ2) is 4.12. The zero-order valence-electron chi connectivity index (χ0n) is 9.47. The number of aliphatic carboxylic acids is 1. The summed E-state index contributed by atoms with van der Waals surface area (Å²) in [6.07, 6.45) is 0.304. The van der Waals surface area contributed by atoms with Crippen LogP contribution in [0.4, 0.5) is 0 Å². The number of rotatable bonds is 2. The number of carboxylic acids is 1. The summed E-state index contributed by atoms with van der Waals surface area (Å²) in [6.45, 7) is 2.41. The summed E-state index contributed by atoms with van der Waals surface area (Å²) in [5, 5.41) is 8.99. The van der Waals surface area contributed by atoms with Gasteiger partial charge in [-0.25, -0.2) is 0 Å². The molecule has 0 aliphatic carbocycles. The SMILES string of the molecule is Cc1ccc(C(=O)N2CCC(N)(C(=O)O)C2)s1. The van der Waals surface area contributed by atoms with E-state index in [2.05, 4.69) is 0 Å². The van der Waals surface area contributed by atoms with Crippen LogP contribution in [0, 0.1) is 6.92 Å². The van der Waals surface area contributed by atoms with Crippen molar-refractivity contribution in [1.82, 2.24) is 4.90 Å². The first kappa shape index (κ1) is 12.1. The van der Waals surface area contributed by atoms with Crippen molar-refractivity contribution >= 4 is 23.2 Å². The maximum Gasteiger partial charge on any atom is 0.325 e. The minimum absolute atomic E-state index is 0.0815. The molecule has 17 heavy (non-hydrogen) atoms. The van der Waals surface area contributed by atoms with E-state index in [0.29, 0.717) is 17.8 Å². The van der Waals surface area contributed by atoms with Gasteiger partial charge in [0.1, 0.15) is 5.54 Å². The Kier molecular flexibility index (Phi) is 2.92. The summed E-state index contributed by atoms with van der Waals surface area (Å²) in [7, 11) is 0. The van der Waals surface area contributed by atoms with E-state index in [-0.39, 0.29) is 12.5 Å². The number of carbonyl (C=O) groups excluding carboxylic acids is 1. The third kappa shape index (κ3) is 2.18. The Morgan fingerprint density at radius 3 is 2.71 bits per heavy atom. The Balaban J connectivity index is 2.11. The van der Waals surface area contributed by atoms with Crippen LogP contribution in [0.25, 0.3) is 0 Å². The van der Waals surface area contributed by atoms with Crippen LogP contribution < -0.4 is 5.73 Å². The molecular formula is C11H14N2O3S. The topological polar surface area (TPSA) is 83.6 Å². The molecule has 1 aliphatic heterocycles. The smallest absolute Gasteiger partial charge is 0.325 e. The second-order valence-corrected chi connectivity index (χ2v) is 5.64. The third-order valence-corrected chi connectivity index (χ3v) is 3.95. The van der Waals surface area contributed by atoms with Gasteiger partial charge >= 0.3 is 5.97 Å². The summed E-state index contributed by atoms with van der Waals surface area (Å²) < 4.78 is 0. The molecule has 2 heterocycles. The van der Waals surface area contributed by atoms with E-state index in [0.717, 1.165) is 4.88 Å². The summed E-state index contributed by atoms with van der Waals surface area (Å²) in [6, 6.07) is 3.64. The van der Waals surface area contributed by atoms with E-state index in [1.807, 2.05) is 13.0 Å². The summed E-state index contributed by atoms with van der Waals surface area (Å²) in [5.74, 6) is -1.17. The molecule has 1 atom stereocenters. The Labute approximate surface area is 103 Å². The first-order valence-electron chi connectivity index (χ1n) is 5.30. The second-order valence-electron chi connectivity index (χ2n) is 4.35. The van der Waals surface area contributed by atoms with E-state index < -0.39 is 11.5 Å². The van der Waals surface area contributed by atoms with Gasteiger partial charge in [0.2, 0.25) is 0 Å². The normalized spacial score (nSPS) is 24.0. The quantitative estimate of drug-likeness (QED) is 0.813. The molecule has 0 saturated carbocycles. The van der Waals surface area contributed by atoms with Gasteiger partial charge in [-0.2, -0.15) is 0 Å². The van der Waals surface area contributed by atoms with Gasteiger partial charge in [-0.15, -0.1) is 11.3 Å². The number of nitrogens with two attached hydrogens (primary N) is 1. The lowest BCUT2D eigenvalue weighted by Gasteiger charge is -2.19. The molecule has 1 amide bonds. The maximum atomic E-state index is 12.1. The molecule has 5 nitrogen and oxygen atoms in total. The van der Waals surface area contributed by atoms with Crippen LogP contribution >= 0.6 is 11.3 Å². The van der Waals surface area contributed by atoms with Crippen molar-refractivity contribution < 1.29 is 14.7 Å². The highest BCUT2D eigenvalue weighted by Gasteiger charge is 2.43. The van der Waals surface area contributed by atoms with Crippen LogP contribution in [0.2, 0.25) is 0 Å². The average molecular weight is 254 g/mol. The van der Waals surface area contributed by atoms with Gasteiger partial charge in [0.05, 0.1) is 4.88 Å². The molecular weight excluding hydrogens is 240 g/mol. The minimum Gasteiger partial charge on any atom is -0.480 e. The lowest BCUT2D eigenvalue weighted by Crippen LogP contribution is -2.50. The number of carboxylic acid groups (broad SMARTS) is 1. The van der Waals surface area contributed by atoms with E-state index in [4.69, 9.17) is 10.8 Å². The summed E-state index contributed by atoms with van der Waals surface area (Å²) in [5.41, 5.74) is 4.43. The van der Waals surface area contributed by atoms with Gasteiger partial charge < -0.3 is 15.7 Å². The fraction of sp³-hybridized carbons (Fsp3) is 0.455. The van der Waals surface area contributed by atoms with Crippen molar-refractivity contribution in [3.63, 3.8) is 0 Å². The largest absolute Gasteiger partial charge is 0.480 e. The Morgan fingerprint density at radius 1 is 1.53 bits per heavy atom. The number of thiophene rings is 1. The summed E-state index contributed by atoms with van der Waals surface area (Å²) >= 11 is 1.41. The van der Waals surface area contributed by atoms with Gasteiger partial charge in [0, 0.05) is 18.0 Å². The molecule has 6 heteroatoms. The molecule has 0 aromatic carbocycles. The number of hydrogen-bond donors (Lipinski definition) is 2. The van der Waals surface area contributed by atoms with E-state index in [1.165, 1.54) is 16.2 Å². The average Bonchev–Trinajstić information content (AvgIpc) is 2.85. The monoisotopic (exact) mass is 254 g/mol. The molecule has 1 saturated heterocycles. The fourth-order valence-corrected chi connectivity index (χ4v) is 2.72. The number of nitrogens with zero attached hydrogens (tertiary/aromatic N) is 1. The molecule has 1 fully saturated rings. The number of carbonyl (C=O) groups is 2. The molecule has 0 radical (unpaired) electrons. The van der Waals surface area contributed by atoms with Crippen LogP contribution in [0.5, 0.6) is 0 Å². The van der Waals surface area contributed by atoms with Crippen LogP contribution in [-0.2, 0) is 4.79 Å². The molecule has 1 unspecified atom stereocenters. The van der Waals surface area contributed by atoms with E-state index in [9.17, 15) is 9.59 Å². The van der Waals surface area contributed by atoms with Crippen molar-refractivity contribution in [3.8, 4) is 0 Å². The molecule has 92 valence electrons. The predicted octanol–water partition coefficient (Wildman–Crippen LogP) is 0.685. The first-order chi connectivity index (χ1) is 7.92. The Morgan fingerprint density at radius 2 is 2.24 bits per heavy atom. The zero-order valence-corrected chi connectivity index (χ0v) is 10.3. The molecule has 2 rings (SSSR count). The van der Waals surface area contributed by atoms with Crippen LogP contribution in [-0.4, -0.2) is 40.5 Å². The molecule has 1 aromatic rings. The van der Waals surface area contributed by atoms with E-state index in [1.54, 1.807) is 6.07 Å². The standard InChI is InChI=1S/C11H14N2O3S/c1-7-2-3-8(17-7)9(14)13-5-4-11(12,6-13)10(15)16/h2-3H,4-6,12H2,1H3,(H,15,16). The minimum atomic E-state index is -1.29. The third-order valence-electron chi connectivity index (χ3n) is 2.97. The number of amides is 1. The molecule has 3 N–H and O–H groups in total. The highest BCUT2D eigenvalue weighted by atomic mass is 32.1. The predicted molar refractivity (Wildman–Crippen MR) is 64.1 cm³/mol. The molecule has 1 aliphatic rings. The van der Waals surface area contributed by atoms with Crippen LogP contribution in [0.1, 0.15) is 21.0 Å². The van der Waals surface area contributed by atoms with E-state index >= 15 is 0 Å². The number of hydrogen-bond acceptors (Lipinski definition) is 4. The highest BCUT2D eigenvalue weighted by Crippen LogP contribution is 2.23. The first-order valence-corrected chi connectivity index (χ1v) is 6.12. The molecule has 0 bridgehead atoms.